The van der Waals surface area contributed by atoms with E-state index in [0.29, 0.717) is 19.6 Å². The van der Waals surface area contributed by atoms with Crippen LogP contribution in [-0.2, 0) is 14.3 Å². The zero-order valence-electron chi connectivity index (χ0n) is 9.89. The van der Waals surface area contributed by atoms with Crippen molar-refractivity contribution in [1.29, 1.82) is 0 Å². The quantitative estimate of drug-likeness (QED) is 0.671. The van der Waals surface area contributed by atoms with Crippen molar-refractivity contribution in [2.75, 3.05) is 33.3 Å². The second-order valence-corrected chi connectivity index (χ2v) is 4.79. The Bertz CT molecular complexity index is 321. The van der Waals surface area contributed by atoms with E-state index in [4.69, 9.17) is 9.84 Å². The summed E-state index contributed by atoms with van der Waals surface area (Å²) < 4.78 is 5.50. The summed E-state index contributed by atoms with van der Waals surface area (Å²) in [5.41, 5.74) is 0. The zero-order chi connectivity index (χ0) is 12.4. The summed E-state index contributed by atoms with van der Waals surface area (Å²) in [7, 11) is 2.01. The molecular formula is C11H18N2O4. The number of rotatable bonds is 4. The molecule has 0 aromatic rings. The minimum atomic E-state index is -0.876. The zero-order valence-corrected chi connectivity index (χ0v) is 9.89. The predicted molar refractivity (Wildman–Crippen MR) is 59.5 cm³/mol. The molecule has 2 rings (SSSR count). The molecule has 0 aromatic heterocycles. The summed E-state index contributed by atoms with van der Waals surface area (Å²) >= 11 is 0. The summed E-state index contributed by atoms with van der Waals surface area (Å²) in [5, 5.41) is 11.5. The molecule has 2 aliphatic rings. The summed E-state index contributed by atoms with van der Waals surface area (Å²) in [4.78, 5) is 24.4. The Morgan fingerprint density at radius 2 is 2.24 bits per heavy atom. The number of hydrogen-bond donors (Lipinski definition) is 2. The van der Waals surface area contributed by atoms with Crippen LogP contribution in [0.5, 0.6) is 0 Å². The van der Waals surface area contributed by atoms with Crippen LogP contribution in [0.25, 0.3) is 0 Å². The fourth-order valence-corrected chi connectivity index (χ4v) is 2.09. The number of hydrogen-bond acceptors (Lipinski definition) is 4. The number of carboxylic acids is 1. The number of likely N-dealkylation sites (N-methyl/N-ethyl adjacent to an activating group) is 1. The fraction of sp³-hybridized carbons (Fsp3) is 0.818. The Morgan fingerprint density at radius 3 is 2.82 bits per heavy atom. The first-order valence-electron chi connectivity index (χ1n) is 5.88. The van der Waals surface area contributed by atoms with E-state index in [1.54, 1.807) is 0 Å². The number of amides is 1. The van der Waals surface area contributed by atoms with Crippen molar-refractivity contribution >= 4 is 11.9 Å². The van der Waals surface area contributed by atoms with Crippen molar-refractivity contribution in [1.82, 2.24) is 10.2 Å². The van der Waals surface area contributed by atoms with E-state index in [0.717, 1.165) is 13.1 Å². The van der Waals surface area contributed by atoms with Gasteiger partial charge in [-0.05, 0) is 13.5 Å². The number of morpholine rings is 1. The average Bonchev–Trinajstić information content (AvgIpc) is 3.06. The van der Waals surface area contributed by atoms with Crippen LogP contribution in [0.3, 0.4) is 0 Å². The van der Waals surface area contributed by atoms with Gasteiger partial charge in [0, 0.05) is 19.6 Å². The highest BCUT2D eigenvalue weighted by atomic mass is 16.5. The minimum absolute atomic E-state index is 0.0136. The van der Waals surface area contributed by atoms with Crippen molar-refractivity contribution in [3.05, 3.63) is 0 Å². The highest BCUT2D eigenvalue weighted by Gasteiger charge is 2.48. The number of ether oxygens (including phenoxy) is 1. The van der Waals surface area contributed by atoms with Crippen LogP contribution >= 0.6 is 0 Å². The molecule has 1 aliphatic heterocycles. The van der Waals surface area contributed by atoms with Gasteiger partial charge in [0.15, 0.2) is 0 Å². The van der Waals surface area contributed by atoms with Gasteiger partial charge in [0.25, 0.3) is 0 Å². The Morgan fingerprint density at radius 1 is 1.47 bits per heavy atom. The molecule has 1 saturated heterocycles. The Kier molecular flexibility index (Phi) is 3.63. The Hall–Kier alpha value is -1.14. The van der Waals surface area contributed by atoms with Gasteiger partial charge in [-0.15, -0.1) is 0 Å². The molecule has 3 atom stereocenters. The standard InChI is InChI=1S/C11H18N2O4/c1-13-2-3-17-7(6-13)5-12-10(14)8-4-9(8)11(15)16/h7-9H,2-6H2,1H3,(H,12,14)(H,15,16). The van der Waals surface area contributed by atoms with Crippen LogP contribution in [-0.4, -0.2) is 61.3 Å². The van der Waals surface area contributed by atoms with Crippen LogP contribution in [0.15, 0.2) is 0 Å². The third kappa shape index (κ3) is 3.17. The summed E-state index contributed by atoms with van der Waals surface area (Å²) in [6.45, 7) is 2.85. The van der Waals surface area contributed by atoms with Crippen molar-refractivity contribution in [3.8, 4) is 0 Å². The molecule has 0 radical (unpaired) electrons. The predicted octanol–water partition coefficient (Wildman–Crippen LogP) is -0.846. The molecule has 2 fully saturated rings. The van der Waals surface area contributed by atoms with E-state index in [1.807, 2.05) is 7.05 Å². The second-order valence-electron chi connectivity index (χ2n) is 4.79. The van der Waals surface area contributed by atoms with Crippen LogP contribution < -0.4 is 5.32 Å². The van der Waals surface area contributed by atoms with E-state index in [9.17, 15) is 9.59 Å². The minimum Gasteiger partial charge on any atom is -0.481 e. The van der Waals surface area contributed by atoms with Gasteiger partial charge in [0.1, 0.15) is 0 Å². The molecule has 1 amide bonds. The van der Waals surface area contributed by atoms with Crippen LogP contribution in [0.4, 0.5) is 0 Å². The van der Waals surface area contributed by atoms with Gasteiger partial charge in [-0.2, -0.15) is 0 Å². The summed E-state index contributed by atoms with van der Waals surface area (Å²) in [6, 6.07) is 0. The number of aliphatic carboxylic acids is 1. The van der Waals surface area contributed by atoms with E-state index in [2.05, 4.69) is 10.2 Å². The topological polar surface area (TPSA) is 78.9 Å². The maximum atomic E-state index is 11.6. The number of carbonyl (C=O) groups is 2. The van der Waals surface area contributed by atoms with E-state index in [-0.39, 0.29) is 17.9 Å². The molecule has 3 unspecified atom stereocenters. The number of nitrogens with one attached hydrogen (secondary N) is 1. The SMILES string of the molecule is CN1CCOC(CNC(=O)C2CC2C(=O)O)C1. The Balaban J connectivity index is 1.68. The Labute approximate surface area is 99.9 Å². The summed E-state index contributed by atoms with van der Waals surface area (Å²) in [6.07, 6.45) is 0.479. The van der Waals surface area contributed by atoms with Crippen LogP contribution in [0.1, 0.15) is 6.42 Å². The molecular weight excluding hydrogens is 224 g/mol. The van der Waals surface area contributed by atoms with E-state index in [1.165, 1.54) is 0 Å². The molecule has 0 bridgehead atoms. The second kappa shape index (κ2) is 5.01. The lowest BCUT2D eigenvalue weighted by molar-refractivity contribution is -0.140. The third-order valence-electron chi connectivity index (χ3n) is 3.29. The van der Waals surface area contributed by atoms with E-state index < -0.39 is 11.9 Å². The molecule has 17 heavy (non-hydrogen) atoms. The van der Waals surface area contributed by atoms with Gasteiger partial charge in [-0.3, -0.25) is 9.59 Å². The number of carboxylic acid groups (broad SMARTS) is 1. The lowest BCUT2D eigenvalue weighted by Gasteiger charge is -2.30. The number of carbonyl (C=O) groups excluding carboxylic acids is 1. The molecule has 6 heteroatoms. The normalized spacial score (nSPS) is 33.1. The van der Waals surface area contributed by atoms with Crippen LogP contribution in [0.2, 0.25) is 0 Å². The van der Waals surface area contributed by atoms with Gasteiger partial charge < -0.3 is 20.1 Å². The van der Waals surface area contributed by atoms with Crippen molar-refractivity contribution in [3.63, 3.8) is 0 Å². The molecule has 0 spiro atoms. The molecule has 1 heterocycles. The van der Waals surface area contributed by atoms with Gasteiger partial charge >= 0.3 is 5.97 Å². The molecule has 96 valence electrons. The lowest BCUT2D eigenvalue weighted by atomic mass is 10.2. The highest BCUT2D eigenvalue weighted by Crippen LogP contribution is 2.38. The first-order valence-corrected chi connectivity index (χ1v) is 5.88. The fourth-order valence-electron chi connectivity index (χ4n) is 2.09. The van der Waals surface area contributed by atoms with Crippen molar-refractivity contribution < 1.29 is 19.4 Å². The van der Waals surface area contributed by atoms with Crippen molar-refractivity contribution in [2.24, 2.45) is 11.8 Å². The number of nitrogens with zero attached hydrogens (tertiary/aromatic N) is 1. The molecule has 2 N–H and O–H groups in total. The maximum Gasteiger partial charge on any atom is 0.307 e. The first-order chi connectivity index (χ1) is 8.08. The molecule has 6 nitrogen and oxygen atoms in total. The van der Waals surface area contributed by atoms with E-state index >= 15 is 0 Å². The highest BCUT2D eigenvalue weighted by molar-refractivity contribution is 5.89. The average molecular weight is 242 g/mol. The molecule has 1 aliphatic carbocycles. The third-order valence-corrected chi connectivity index (χ3v) is 3.29. The largest absolute Gasteiger partial charge is 0.481 e. The van der Waals surface area contributed by atoms with Gasteiger partial charge in [-0.1, -0.05) is 0 Å². The van der Waals surface area contributed by atoms with Gasteiger partial charge in [0.05, 0.1) is 24.5 Å². The van der Waals surface area contributed by atoms with Gasteiger partial charge in [0.2, 0.25) is 5.91 Å². The van der Waals surface area contributed by atoms with Gasteiger partial charge in [-0.25, -0.2) is 0 Å². The smallest absolute Gasteiger partial charge is 0.307 e. The lowest BCUT2D eigenvalue weighted by Crippen LogP contribution is -2.46. The first kappa shape index (κ1) is 12.3. The van der Waals surface area contributed by atoms with Crippen molar-refractivity contribution in [2.45, 2.75) is 12.5 Å². The summed E-state index contributed by atoms with van der Waals surface area (Å²) in [5.74, 6) is -1.85. The molecule has 0 aromatic carbocycles. The monoisotopic (exact) mass is 242 g/mol. The maximum absolute atomic E-state index is 11.6. The molecule has 1 saturated carbocycles. The van der Waals surface area contributed by atoms with Crippen LogP contribution in [0, 0.1) is 11.8 Å².